The van der Waals surface area contributed by atoms with Crippen LogP contribution in [0.2, 0.25) is 0 Å². The molecule has 0 saturated heterocycles. The highest BCUT2D eigenvalue weighted by molar-refractivity contribution is 7.09. The number of nitrogens with two attached hydrogens (primary N) is 1. The minimum absolute atomic E-state index is 0.118. The van der Waals surface area contributed by atoms with Crippen molar-refractivity contribution in [2.24, 2.45) is 11.7 Å². The summed E-state index contributed by atoms with van der Waals surface area (Å²) < 4.78 is 0. The molecule has 0 amide bonds. The molecule has 0 aromatic carbocycles. The Balaban J connectivity index is 1.86. The molecule has 1 aromatic rings. The minimum Gasteiger partial charge on any atom is -0.391 e. The van der Waals surface area contributed by atoms with Crippen LogP contribution in [0.25, 0.3) is 0 Å². The Hall–Kier alpha value is -0.450. The van der Waals surface area contributed by atoms with E-state index in [0.717, 1.165) is 24.1 Å². The van der Waals surface area contributed by atoms with Gasteiger partial charge in [-0.1, -0.05) is 0 Å². The molecule has 1 fully saturated rings. The summed E-state index contributed by atoms with van der Waals surface area (Å²) in [6, 6.07) is -0.118. The van der Waals surface area contributed by atoms with Gasteiger partial charge in [-0.25, -0.2) is 0 Å². The van der Waals surface area contributed by atoms with Crippen LogP contribution >= 0.6 is 11.3 Å². The van der Waals surface area contributed by atoms with Gasteiger partial charge in [0.2, 0.25) is 0 Å². The number of hydrogen-bond donors (Lipinski definition) is 2. The summed E-state index contributed by atoms with van der Waals surface area (Å²) in [5, 5.41) is 9.72. The van der Waals surface area contributed by atoms with Crippen LogP contribution in [0.15, 0.2) is 11.7 Å². The van der Waals surface area contributed by atoms with E-state index < -0.39 is 0 Å². The fourth-order valence-electron chi connectivity index (χ4n) is 1.48. The maximum Gasteiger partial charge on any atom is 0.0794 e. The molecule has 2 rings (SSSR count). The fourth-order valence-corrected chi connectivity index (χ4v) is 2.15. The Labute approximate surface area is 81.6 Å². The van der Waals surface area contributed by atoms with Crippen LogP contribution in [0, 0.1) is 5.92 Å². The molecule has 1 saturated carbocycles. The molecule has 4 heteroatoms. The van der Waals surface area contributed by atoms with Crippen LogP contribution < -0.4 is 5.73 Å². The van der Waals surface area contributed by atoms with Crippen LogP contribution in [0.5, 0.6) is 0 Å². The third-order valence-electron chi connectivity index (χ3n) is 2.46. The zero-order valence-electron chi connectivity index (χ0n) is 7.39. The van der Waals surface area contributed by atoms with Crippen molar-refractivity contribution in [1.82, 2.24) is 4.98 Å². The van der Waals surface area contributed by atoms with Crippen LogP contribution in [-0.2, 0) is 6.42 Å². The number of nitrogens with zero attached hydrogens (tertiary/aromatic N) is 1. The molecule has 0 aliphatic heterocycles. The smallest absolute Gasteiger partial charge is 0.0794 e. The van der Waals surface area contributed by atoms with E-state index in [1.165, 1.54) is 0 Å². The van der Waals surface area contributed by atoms with Crippen molar-refractivity contribution < 1.29 is 5.11 Å². The standard InChI is InChI=1S/C9H14N2OS/c10-8(9(12)6-1-2-6)3-7-4-11-5-13-7/h4-6,8-9,12H,1-3,10H2. The van der Waals surface area contributed by atoms with Gasteiger partial charge in [0.1, 0.15) is 0 Å². The van der Waals surface area contributed by atoms with E-state index in [4.69, 9.17) is 5.73 Å². The lowest BCUT2D eigenvalue weighted by atomic mass is 10.0. The molecule has 1 aliphatic rings. The summed E-state index contributed by atoms with van der Waals surface area (Å²) >= 11 is 1.60. The zero-order chi connectivity index (χ0) is 9.26. The molecule has 2 unspecified atom stereocenters. The van der Waals surface area contributed by atoms with Crippen molar-refractivity contribution >= 4 is 11.3 Å². The largest absolute Gasteiger partial charge is 0.391 e. The molecule has 0 radical (unpaired) electrons. The second kappa shape index (κ2) is 3.74. The van der Waals surface area contributed by atoms with Gasteiger partial charge in [-0.15, -0.1) is 11.3 Å². The van der Waals surface area contributed by atoms with Crippen LogP contribution in [0.4, 0.5) is 0 Å². The van der Waals surface area contributed by atoms with E-state index in [1.54, 1.807) is 16.8 Å². The lowest BCUT2D eigenvalue weighted by Gasteiger charge is -2.16. The number of aliphatic hydroxyl groups is 1. The second-order valence-corrected chi connectivity index (χ2v) is 4.63. The first-order chi connectivity index (χ1) is 6.27. The van der Waals surface area contributed by atoms with Crippen molar-refractivity contribution in [1.29, 1.82) is 0 Å². The van der Waals surface area contributed by atoms with Crippen molar-refractivity contribution in [2.75, 3.05) is 0 Å². The van der Waals surface area contributed by atoms with Gasteiger partial charge in [0.25, 0.3) is 0 Å². The highest BCUT2D eigenvalue weighted by Gasteiger charge is 2.33. The Kier molecular flexibility index (Phi) is 2.62. The molecular formula is C9H14N2OS. The zero-order valence-corrected chi connectivity index (χ0v) is 8.20. The summed E-state index contributed by atoms with van der Waals surface area (Å²) in [4.78, 5) is 5.14. The van der Waals surface area contributed by atoms with Gasteiger partial charge in [-0.3, -0.25) is 4.98 Å². The van der Waals surface area contributed by atoms with Gasteiger partial charge >= 0.3 is 0 Å². The lowest BCUT2D eigenvalue weighted by Crippen LogP contribution is -2.37. The minimum atomic E-state index is -0.318. The van der Waals surface area contributed by atoms with E-state index in [1.807, 2.05) is 6.20 Å². The third-order valence-corrected chi connectivity index (χ3v) is 3.27. The molecule has 3 nitrogen and oxygen atoms in total. The predicted octanol–water partition coefficient (Wildman–Crippen LogP) is 0.784. The number of hydrogen-bond acceptors (Lipinski definition) is 4. The molecular weight excluding hydrogens is 184 g/mol. The summed E-state index contributed by atoms with van der Waals surface area (Å²) in [5.74, 6) is 0.461. The van der Waals surface area contributed by atoms with E-state index >= 15 is 0 Å². The van der Waals surface area contributed by atoms with Gasteiger partial charge in [-0.2, -0.15) is 0 Å². The first-order valence-electron chi connectivity index (χ1n) is 4.58. The Morgan fingerprint density at radius 2 is 2.46 bits per heavy atom. The van der Waals surface area contributed by atoms with Crippen LogP contribution in [0.3, 0.4) is 0 Å². The normalized spacial score (nSPS) is 21.4. The maximum atomic E-state index is 9.72. The number of thiazole rings is 1. The average molecular weight is 198 g/mol. The molecule has 72 valence electrons. The maximum absolute atomic E-state index is 9.72. The van der Waals surface area contributed by atoms with Gasteiger partial charge in [0.15, 0.2) is 0 Å². The predicted molar refractivity (Wildman–Crippen MR) is 52.5 cm³/mol. The second-order valence-electron chi connectivity index (χ2n) is 3.66. The van der Waals surface area contributed by atoms with Gasteiger partial charge in [0, 0.05) is 23.5 Å². The molecule has 1 aliphatic carbocycles. The molecule has 0 bridgehead atoms. The lowest BCUT2D eigenvalue weighted by molar-refractivity contribution is 0.122. The van der Waals surface area contributed by atoms with E-state index in [9.17, 15) is 5.11 Å². The van der Waals surface area contributed by atoms with Crippen molar-refractivity contribution in [3.05, 3.63) is 16.6 Å². The van der Waals surface area contributed by atoms with Gasteiger partial charge in [0.05, 0.1) is 11.6 Å². The monoisotopic (exact) mass is 198 g/mol. The molecule has 0 spiro atoms. The SMILES string of the molecule is NC(Cc1cncs1)C(O)C1CC1. The molecule has 3 N–H and O–H groups in total. The Morgan fingerprint density at radius 3 is 3.00 bits per heavy atom. The van der Waals surface area contributed by atoms with Crippen LogP contribution in [0.1, 0.15) is 17.7 Å². The van der Waals surface area contributed by atoms with Gasteiger partial charge in [-0.05, 0) is 18.8 Å². The van der Waals surface area contributed by atoms with E-state index in [2.05, 4.69) is 4.98 Å². The molecule has 1 heterocycles. The summed E-state index contributed by atoms with van der Waals surface area (Å²) in [6.45, 7) is 0. The average Bonchev–Trinajstić information content (AvgIpc) is 2.85. The number of aromatic nitrogens is 1. The topological polar surface area (TPSA) is 59.1 Å². The number of rotatable bonds is 4. The van der Waals surface area contributed by atoms with Crippen molar-refractivity contribution in [2.45, 2.75) is 31.4 Å². The summed E-state index contributed by atoms with van der Waals surface area (Å²) in [6.07, 6.45) is 4.53. The summed E-state index contributed by atoms with van der Waals surface area (Å²) in [7, 11) is 0. The van der Waals surface area contributed by atoms with Crippen molar-refractivity contribution in [3.8, 4) is 0 Å². The quantitative estimate of drug-likeness (QED) is 0.751. The highest BCUT2D eigenvalue weighted by Crippen LogP contribution is 2.34. The van der Waals surface area contributed by atoms with Gasteiger partial charge < -0.3 is 10.8 Å². The van der Waals surface area contributed by atoms with Crippen LogP contribution in [-0.4, -0.2) is 22.2 Å². The fraction of sp³-hybridized carbons (Fsp3) is 0.667. The first kappa shape index (κ1) is 9.12. The molecule has 2 atom stereocenters. The Morgan fingerprint density at radius 1 is 1.69 bits per heavy atom. The molecule has 13 heavy (non-hydrogen) atoms. The van der Waals surface area contributed by atoms with Crippen molar-refractivity contribution in [3.63, 3.8) is 0 Å². The van der Waals surface area contributed by atoms with E-state index in [0.29, 0.717) is 5.92 Å². The molecule has 1 aromatic heterocycles. The highest BCUT2D eigenvalue weighted by atomic mass is 32.1. The summed E-state index contributed by atoms with van der Waals surface area (Å²) in [5.41, 5.74) is 7.68. The third kappa shape index (κ3) is 2.27. The first-order valence-corrected chi connectivity index (χ1v) is 5.46. The number of aliphatic hydroxyl groups excluding tert-OH is 1. The Bertz CT molecular complexity index is 259. The van der Waals surface area contributed by atoms with E-state index in [-0.39, 0.29) is 12.1 Å².